The first-order chi connectivity index (χ1) is 31.2. The summed E-state index contributed by atoms with van der Waals surface area (Å²) in [6.07, 6.45) is 0. The number of para-hydroxylation sites is 1. The van der Waals surface area contributed by atoms with Gasteiger partial charge in [0.25, 0.3) is 0 Å². The van der Waals surface area contributed by atoms with Crippen molar-refractivity contribution in [2.45, 2.75) is 0 Å². The van der Waals surface area contributed by atoms with E-state index in [9.17, 15) is 0 Å². The first kappa shape index (κ1) is 35.7. The molecule has 11 aromatic carbocycles. The van der Waals surface area contributed by atoms with Gasteiger partial charge in [-0.3, -0.25) is 0 Å². The summed E-state index contributed by atoms with van der Waals surface area (Å²) in [5, 5.41) is 12.7. The molecule has 13 rings (SSSR count). The van der Waals surface area contributed by atoms with Crippen LogP contribution in [0.15, 0.2) is 231 Å². The third-order valence-corrected chi connectivity index (χ3v) is 14.2. The number of benzene rings is 11. The third-order valence-electron chi connectivity index (χ3n) is 13.0. The van der Waals surface area contributed by atoms with Crippen LogP contribution < -0.4 is 4.90 Å². The Kier molecular flexibility index (Phi) is 8.12. The second kappa shape index (κ2) is 14.3. The van der Waals surface area contributed by atoms with E-state index in [0.717, 1.165) is 17.1 Å². The first-order valence-electron chi connectivity index (χ1n) is 21.6. The standard InChI is InChI=1S/C60H38N2S/c1-2-13-39(14-3-1)40-25-30-43(31-26-40)61(45-34-35-50-48-17-5-4-15-46(48)47-16-6-7-18-49(47)54(50)38-45)44-32-27-41(28-33-44)42-29-36-57-55(37-42)51-19-8-10-22-56(51)62(57)58-23-12-21-53-52-20-9-11-24-59(52)63-60(53)58/h1-38H. The maximum atomic E-state index is 2.46. The summed E-state index contributed by atoms with van der Waals surface area (Å²) in [4.78, 5) is 2.40. The van der Waals surface area contributed by atoms with Gasteiger partial charge in [-0.1, -0.05) is 164 Å². The van der Waals surface area contributed by atoms with Crippen LogP contribution >= 0.6 is 11.3 Å². The third kappa shape index (κ3) is 5.71. The number of hydrogen-bond acceptors (Lipinski definition) is 2. The highest BCUT2D eigenvalue weighted by Crippen LogP contribution is 2.44. The number of thiophene rings is 1. The number of anilines is 3. The molecule has 2 nitrogen and oxygen atoms in total. The zero-order valence-electron chi connectivity index (χ0n) is 34.2. The maximum Gasteiger partial charge on any atom is 0.0640 e. The van der Waals surface area contributed by atoms with Gasteiger partial charge in [-0.25, -0.2) is 0 Å². The average molecular weight is 819 g/mol. The topological polar surface area (TPSA) is 8.17 Å². The van der Waals surface area contributed by atoms with Crippen molar-refractivity contribution >= 4 is 103 Å². The van der Waals surface area contributed by atoms with Gasteiger partial charge in [0, 0.05) is 43.3 Å². The van der Waals surface area contributed by atoms with Crippen molar-refractivity contribution in [2.24, 2.45) is 0 Å². The van der Waals surface area contributed by atoms with Gasteiger partial charge in [0.1, 0.15) is 0 Å². The van der Waals surface area contributed by atoms with Gasteiger partial charge in [-0.05, 0) is 121 Å². The lowest BCUT2D eigenvalue weighted by Crippen LogP contribution is -2.10. The number of rotatable bonds is 6. The van der Waals surface area contributed by atoms with Gasteiger partial charge >= 0.3 is 0 Å². The van der Waals surface area contributed by atoms with Crippen molar-refractivity contribution in [3.63, 3.8) is 0 Å². The number of hydrogen-bond donors (Lipinski definition) is 0. The fraction of sp³-hybridized carbons (Fsp3) is 0. The lowest BCUT2D eigenvalue weighted by molar-refractivity contribution is 1.20. The van der Waals surface area contributed by atoms with Gasteiger partial charge in [-0.15, -0.1) is 11.3 Å². The number of nitrogens with zero attached hydrogens (tertiary/aromatic N) is 2. The summed E-state index contributed by atoms with van der Waals surface area (Å²) in [6, 6.07) is 84.6. The van der Waals surface area contributed by atoms with Crippen LogP contribution in [0.1, 0.15) is 0 Å². The van der Waals surface area contributed by atoms with Crippen LogP contribution in [-0.2, 0) is 0 Å². The summed E-state index contributed by atoms with van der Waals surface area (Å²) in [7, 11) is 0. The molecule has 0 fully saturated rings. The monoisotopic (exact) mass is 818 g/mol. The summed E-state index contributed by atoms with van der Waals surface area (Å²) < 4.78 is 5.09. The maximum absolute atomic E-state index is 2.46. The van der Waals surface area contributed by atoms with Gasteiger partial charge in [0.15, 0.2) is 0 Å². The van der Waals surface area contributed by atoms with Crippen LogP contribution in [0.5, 0.6) is 0 Å². The Balaban J connectivity index is 0.941. The molecule has 0 aliphatic rings. The van der Waals surface area contributed by atoms with E-state index >= 15 is 0 Å². The average Bonchev–Trinajstić information content (AvgIpc) is 3.91. The van der Waals surface area contributed by atoms with Crippen LogP contribution in [0.25, 0.3) is 102 Å². The van der Waals surface area contributed by atoms with Crippen molar-refractivity contribution < 1.29 is 0 Å². The Bertz CT molecular complexity index is 3860. The van der Waals surface area contributed by atoms with Crippen LogP contribution in [0.4, 0.5) is 17.1 Å². The lowest BCUT2D eigenvalue weighted by Gasteiger charge is -2.26. The number of fused-ring (bicyclic) bond motifs is 12. The molecule has 2 aromatic heterocycles. The molecule has 0 radical (unpaired) electrons. The van der Waals surface area contributed by atoms with Crippen molar-refractivity contribution in [1.29, 1.82) is 0 Å². The molecule has 0 saturated heterocycles. The summed E-state index contributed by atoms with van der Waals surface area (Å²) in [5.74, 6) is 0. The molecule has 0 atom stereocenters. The van der Waals surface area contributed by atoms with Crippen molar-refractivity contribution in [3.05, 3.63) is 231 Å². The van der Waals surface area contributed by atoms with Gasteiger partial charge in [-0.2, -0.15) is 0 Å². The van der Waals surface area contributed by atoms with Gasteiger partial charge in [0.2, 0.25) is 0 Å². The smallest absolute Gasteiger partial charge is 0.0640 e. The van der Waals surface area contributed by atoms with Crippen molar-refractivity contribution in [2.75, 3.05) is 4.90 Å². The molecule has 0 bridgehead atoms. The van der Waals surface area contributed by atoms with Crippen LogP contribution in [-0.4, -0.2) is 4.57 Å². The summed E-state index contributed by atoms with van der Waals surface area (Å²) in [6.45, 7) is 0. The Labute approximate surface area is 368 Å². The fourth-order valence-electron chi connectivity index (χ4n) is 10.0. The van der Waals surface area contributed by atoms with E-state index in [1.54, 1.807) is 0 Å². The molecule has 0 amide bonds. The first-order valence-corrected chi connectivity index (χ1v) is 22.4. The molecule has 294 valence electrons. The van der Waals surface area contributed by atoms with E-state index in [0.29, 0.717) is 0 Å². The largest absolute Gasteiger partial charge is 0.310 e. The fourth-order valence-corrected chi connectivity index (χ4v) is 11.2. The minimum absolute atomic E-state index is 1.10. The van der Waals surface area contributed by atoms with E-state index in [1.165, 1.54) is 102 Å². The molecule has 0 N–H and O–H groups in total. The highest BCUT2D eigenvalue weighted by molar-refractivity contribution is 7.26. The van der Waals surface area contributed by atoms with E-state index in [1.807, 2.05) is 11.3 Å². The van der Waals surface area contributed by atoms with E-state index in [2.05, 4.69) is 240 Å². The van der Waals surface area contributed by atoms with Gasteiger partial charge < -0.3 is 9.47 Å². The quantitative estimate of drug-likeness (QED) is 0.152. The summed E-state index contributed by atoms with van der Waals surface area (Å²) in [5.41, 5.74) is 11.8. The molecule has 0 aliphatic carbocycles. The predicted molar refractivity (Wildman–Crippen MR) is 272 cm³/mol. The molecular weight excluding hydrogens is 781 g/mol. The SMILES string of the molecule is c1ccc(-c2ccc(N(c3ccc(-c4ccc5c(c4)c4ccccc4n5-c4cccc5c4sc4ccccc45)cc3)c3ccc4c5ccccc5c5ccccc5c4c3)cc2)cc1. The molecular formula is C60H38N2S. The zero-order valence-corrected chi connectivity index (χ0v) is 35.1. The molecule has 2 heterocycles. The molecule has 13 aromatic rings. The lowest BCUT2D eigenvalue weighted by atomic mass is 9.94. The van der Waals surface area contributed by atoms with Gasteiger partial charge in [0.05, 0.1) is 21.4 Å². The molecule has 0 saturated carbocycles. The molecule has 0 aliphatic heterocycles. The van der Waals surface area contributed by atoms with Crippen molar-refractivity contribution in [3.8, 4) is 27.9 Å². The summed E-state index contributed by atoms with van der Waals surface area (Å²) >= 11 is 1.88. The normalized spacial score (nSPS) is 11.8. The molecule has 63 heavy (non-hydrogen) atoms. The van der Waals surface area contributed by atoms with Crippen LogP contribution in [0.2, 0.25) is 0 Å². The second-order valence-electron chi connectivity index (χ2n) is 16.5. The van der Waals surface area contributed by atoms with Crippen LogP contribution in [0.3, 0.4) is 0 Å². The second-order valence-corrected chi connectivity index (χ2v) is 17.5. The van der Waals surface area contributed by atoms with Crippen molar-refractivity contribution in [1.82, 2.24) is 4.57 Å². The molecule has 0 unspecified atom stereocenters. The van der Waals surface area contributed by atoms with E-state index < -0.39 is 0 Å². The predicted octanol–water partition coefficient (Wildman–Crippen LogP) is 17.4. The molecule has 0 spiro atoms. The zero-order chi connectivity index (χ0) is 41.4. The Morgan fingerprint density at radius 2 is 0.778 bits per heavy atom. The minimum atomic E-state index is 1.10. The number of aromatic nitrogens is 1. The van der Waals surface area contributed by atoms with E-state index in [4.69, 9.17) is 0 Å². The Morgan fingerprint density at radius 1 is 0.286 bits per heavy atom. The highest BCUT2D eigenvalue weighted by Gasteiger charge is 2.19. The van der Waals surface area contributed by atoms with E-state index in [-0.39, 0.29) is 0 Å². The Morgan fingerprint density at radius 3 is 1.48 bits per heavy atom. The Hall–Kier alpha value is -7.98. The highest BCUT2D eigenvalue weighted by atomic mass is 32.1. The molecule has 3 heteroatoms. The van der Waals surface area contributed by atoms with Crippen LogP contribution in [0, 0.1) is 0 Å². The minimum Gasteiger partial charge on any atom is -0.310 e.